The molecule has 2 nitrogen and oxygen atoms in total. The van der Waals surface area contributed by atoms with Gasteiger partial charge in [0.05, 0.1) is 0 Å². The smallest absolute Gasteiger partial charge is 0.162 e. The predicted octanol–water partition coefficient (Wildman–Crippen LogP) is 2.40. The highest BCUT2D eigenvalue weighted by molar-refractivity contribution is 5.99. The van der Waals surface area contributed by atoms with E-state index in [0.29, 0.717) is 12.0 Å². The van der Waals surface area contributed by atoms with E-state index in [9.17, 15) is 9.90 Å². The summed E-state index contributed by atoms with van der Waals surface area (Å²) in [7, 11) is 0. The van der Waals surface area contributed by atoms with Crippen molar-refractivity contribution in [2.24, 2.45) is 0 Å². The largest absolute Gasteiger partial charge is 0.384 e. The molecular weight excluding hydrogens is 188 g/mol. The first kappa shape index (κ1) is 10.1. The number of Topliss-reactive ketones (excluding diaryl/α,β-unsaturated/α-hetero) is 1. The van der Waals surface area contributed by atoms with Crippen molar-refractivity contribution in [1.29, 1.82) is 0 Å². The van der Waals surface area contributed by atoms with E-state index in [4.69, 9.17) is 0 Å². The molecule has 0 saturated carbocycles. The van der Waals surface area contributed by atoms with E-state index in [-0.39, 0.29) is 5.78 Å². The van der Waals surface area contributed by atoms with Crippen molar-refractivity contribution in [1.82, 2.24) is 0 Å². The van der Waals surface area contributed by atoms with Gasteiger partial charge in [-0.2, -0.15) is 0 Å². The van der Waals surface area contributed by atoms with Crippen LogP contribution in [0, 0.1) is 0 Å². The molecule has 0 radical (unpaired) electrons. The predicted molar refractivity (Wildman–Crippen MR) is 58.3 cm³/mol. The molecule has 1 aliphatic carbocycles. The highest BCUT2D eigenvalue weighted by Crippen LogP contribution is 2.32. The quantitative estimate of drug-likeness (QED) is 0.799. The molecule has 0 bridgehead atoms. The zero-order chi connectivity index (χ0) is 10.8. The minimum Gasteiger partial charge on any atom is -0.384 e. The molecule has 2 heteroatoms. The fraction of sp³-hybridized carbons (Fsp3) is 0.308. The Morgan fingerprint density at radius 3 is 2.40 bits per heavy atom. The topological polar surface area (TPSA) is 37.3 Å². The summed E-state index contributed by atoms with van der Waals surface area (Å²) in [5, 5.41) is 10.1. The van der Waals surface area contributed by atoms with Crippen LogP contribution < -0.4 is 0 Å². The molecule has 2 rings (SSSR count). The summed E-state index contributed by atoms with van der Waals surface area (Å²) in [5.41, 5.74) is 2.42. The molecule has 0 saturated heterocycles. The van der Waals surface area contributed by atoms with Crippen LogP contribution in [-0.4, -0.2) is 10.9 Å². The van der Waals surface area contributed by atoms with Gasteiger partial charge in [0.1, 0.15) is 6.10 Å². The molecule has 0 amide bonds. The molecule has 1 aromatic rings. The third-order valence-electron chi connectivity index (χ3n) is 2.88. The molecule has 0 spiro atoms. The van der Waals surface area contributed by atoms with Crippen molar-refractivity contribution in [3.63, 3.8) is 0 Å². The number of benzene rings is 1. The molecule has 0 aliphatic heterocycles. The van der Waals surface area contributed by atoms with Gasteiger partial charge in [-0.1, -0.05) is 35.9 Å². The van der Waals surface area contributed by atoms with E-state index in [0.717, 1.165) is 17.6 Å². The lowest BCUT2D eigenvalue weighted by molar-refractivity contribution is -0.115. The molecule has 1 atom stereocenters. The Labute approximate surface area is 89.2 Å². The van der Waals surface area contributed by atoms with Gasteiger partial charge in [-0.3, -0.25) is 4.79 Å². The summed E-state index contributed by atoms with van der Waals surface area (Å²) in [6.07, 6.45) is 0.588. The number of hydrogen-bond acceptors (Lipinski definition) is 2. The molecule has 78 valence electrons. The average molecular weight is 202 g/mol. The number of allylic oxidation sites excluding steroid dienone is 1. The second kappa shape index (κ2) is 3.99. The van der Waals surface area contributed by atoms with Crippen LogP contribution >= 0.6 is 0 Å². The van der Waals surface area contributed by atoms with E-state index in [1.54, 1.807) is 0 Å². The summed E-state index contributed by atoms with van der Waals surface area (Å²) in [5.74, 6) is 0.0869. The van der Waals surface area contributed by atoms with Gasteiger partial charge in [-0.15, -0.1) is 0 Å². The molecule has 1 unspecified atom stereocenters. The van der Waals surface area contributed by atoms with Crippen LogP contribution in [-0.2, 0) is 4.79 Å². The van der Waals surface area contributed by atoms with Crippen molar-refractivity contribution in [2.75, 3.05) is 0 Å². The van der Waals surface area contributed by atoms with Crippen molar-refractivity contribution in [3.05, 3.63) is 47.0 Å². The molecule has 1 aromatic carbocycles. The second-order valence-corrected chi connectivity index (χ2v) is 3.93. The van der Waals surface area contributed by atoms with E-state index >= 15 is 0 Å². The maximum absolute atomic E-state index is 11.6. The third kappa shape index (κ3) is 1.85. The second-order valence-electron chi connectivity index (χ2n) is 3.93. The molecule has 15 heavy (non-hydrogen) atoms. The van der Waals surface area contributed by atoms with Crippen molar-refractivity contribution >= 4 is 5.78 Å². The Balaban J connectivity index is 2.33. The van der Waals surface area contributed by atoms with Crippen molar-refractivity contribution in [3.8, 4) is 0 Å². The Kier molecular flexibility index (Phi) is 2.69. The van der Waals surface area contributed by atoms with Crippen molar-refractivity contribution in [2.45, 2.75) is 25.9 Å². The SMILES string of the molecule is CC1=C(C(O)c2ccccc2)C(=O)CC1. The monoisotopic (exact) mass is 202 g/mol. The van der Waals surface area contributed by atoms with E-state index in [1.807, 2.05) is 37.3 Å². The normalized spacial score (nSPS) is 18.4. The van der Waals surface area contributed by atoms with E-state index in [2.05, 4.69) is 0 Å². The Morgan fingerprint density at radius 2 is 1.87 bits per heavy atom. The van der Waals surface area contributed by atoms with Crippen LogP contribution in [0.5, 0.6) is 0 Å². The highest BCUT2D eigenvalue weighted by Gasteiger charge is 2.26. The first-order valence-electron chi connectivity index (χ1n) is 5.16. The van der Waals surface area contributed by atoms with Crippen LogP contribution in [0.3, 0.4) is 0 Å². The number of carbonyl (C=O) groups is 1. The fourth-order valence-electron chi connectivity index (χ4n) is 2.00. The number of hydrogen-bond donors (Lipinski definition) is 1. The lowest BCUT2D eigenvalue weighted by Gasteiger charge is -2.12. The number of aliphatic hydroxyl groups is 1. The summed E-state index contributed by atoms with van der Waals surface area (Å²) >= 11 is 0. The summed E-state index contributed by atoms with van der Waals surface area (Å²) in [4.78, 5) is 11.6. The van der Waals surface area contributed by atoms with Gasteiger partial charge in [0.15, 0.2) is 5.78 Å². The molecule has 0 heterocycles. The van der Waals surface area contributed by atoms with E-state index in [1.165, 1.54) is 0 Å². The first-order chi connectivity index (χ1) is 7.20. The average Bonchev–Trinajstić information content (AvgIpc) is 2.59. The molecule has 0 fully saturated rings. The molecule has 0 aromatic heterocycles. The highest BCUT2D eigenvalue weighted by atomic mass is 16.3. The van der Waals surface area contributed by atoms with Crippen LogP contribution in [0.4, 0.5) is 0 Å². The van der Waals surface area contributed by atoms with E-state index < -0.39 is 6.10 Å². The zero-order valence-corrected chi connectivity index (χ0v) is 8.73. The van der Waals surface area contributed by atoms with Gasteiger partial charge in [0.2, 0.25) is 0 Å². The summed E-state index contributed by atoms with van der Waals surface area (Å²) in [6.45, 7) is 1.92. The molecule has 1 aliphatic rings. The number of rotatable bonds is 2. The minimum absolute atomic E-state index is 0.0869. The van der Waals surface area contributed by atoms with Gasteiger partial charge < -0.3 is 5.11 Å². The number of carbonyl (C=O) groups excluding carboxylic acids is 1. The molecular formula is C13H14O2. The Morgan fingerprint density at radius 1 is 1.20 bits per heavy atom. The third-order valence-corrected chi connectivity index (χ3v) is 2.88. The lowest BCUT2D eigenvalue weighted by Crippen LogP contribution is -2.08. The van der Waals surface area contributed by atoms with Gasteiger partial charge in [-0.05, 0) is 18.9 Å². The number of aliphatic hydroxyl groups excluding tert-OH is 1. The Hall–Kier alpha value is -1.41. The van der Waals surface area contributed by atoms with Crippen molar-refractivity contribution < 1.29 is 9.90 Å². The van der Waals surface area contributed by atoms with Crippen LogP contribution in [0.1, 0.15) is 31.4 Å². The van der Waals surface area contributed by atoms with Crippen LogP contribution in [0.15, 0.2) is 41.5 Å². The summed E-state index contributed by atoms with van der Waals surface area (Å²) in [6, 6.07) is 9.32. The standard InChI is InChI=1S/C13H14O2/c1-9-7-8-11(14)12(9)13(15)10-5-3-2-4-6-10/h2-6,13,15H,7-8H2,1H3. The molecule has 1 N–H and O–H groups in total. The van der Waals surface area contributed by atoms with Crippen LogP contribution in [0.2, 0.25) is 0 Å². The summed E-state index contributed by atoms with van der Waals surface area (Å²) < 4.78 is 0. The zero-order valence-electron chi connectivity index (χ0n) is 8.73. The van der Waals surface area contributed by atoms with Crippen LogP contribution in [0.25, 0.3) is 0 Å². The van der Waals surface area contributed by atoms with Gasteiger partial charge in [-0.25, -0.2) is 0 Å². The maximum atomic E-state index is 11.6. The Bertz CT molecular complexity index is 404. The minimum atomic E-state index is -0.749. The van der Waals surface area contributed by atoms with Gasteiger partial charge in [0.25, 0.3) is 0 Å². The van der Waals surface area contributed by atoms with Gasteiger partial charge in [0, 0.05) is 12.0 Å². The van der Waals surface area contributed by atoms with Gasteiger partial charge >= 0.3 is 0 Å². The lowest BCUT2D eigenvalue weighted by atomic mass is 9.98. The fourth-order valence-corrected chi connectivity index (χ4v) is 2.00. The first-order valence-corrected chi connectivity index (χ1v) is 5.16. The number of ketones is 1. The maximum Gasteiger partial charge on any atom is 0.162 e.